The van der Waals surface area contributed by atoms with E-state index in [0.29, 0.717) is 17.9 Å². The van der Waals surface area contributed by atoms with Gasteiger partial charge >= 0.3 is 0 Å². The van der Waals surface area contributed by atoms with E-state index in [0.717, 1.165) is 17.7 Å². The Labute approximate surface area is 186 Å². The average molecular weight is 417 g/mol. The molecule has 0 aliphatic heterocycles. The molecule has 5 nitrogen and oxygen atoms in total. The molecule has 0 aliphatic carbocycles. The minimum atomic E-state index is 0.0906. The monoisotopic (exact) mass is 416 g/mol. The van der Waals surface area contributed by atoms with Crippen LogP contribution in [0.15, 0.2) is 111 Å². The molecule has 2 rings (SSSR count). The molecule has 0 radical (unpaired) electrons. The average Bonchev–Trinajstić information content (AvgIpc) is 2.80. The number of phenols is 1. The molecule has 0 atom stereocenters. The first kappa shape index (κ1) is 25.4. The van der Waals surface area contributed by atoms with Gasteiger partial charge < -0.3 is 5.11 Å². The number of phenolic OH excluding ortho intramolecular Hbond substituents is 1. The minimum Gasteiger partial charge on any atom is -0.506 e. The van der Waals surface area contributed by atoms with E-state index in [2.05, 4.69) is 20.5 Å². The summed E-state index contributed by atoms with van der Waals surface area (Å²) in [5, 5.41) is 27.1. The van der Waals surface area contributed by atoms with Gasteiger partial charge in [0.1, 0.15) is 11.4 Å². The summed E-state index contributed by atoms with van der Waals surface area (Å²) in [4.78, 5) is 0. The van der Waals surface area contributed by atoms with Crippen molar-refractivity contribution in [2.45, 2.75) is 34.1 Å². The second-order valence-electron chi connectivity index (χ2n) is 6.00. The Morgan fingerprint density at radius 1 is 0.968 bits per heavy atom. The lowest BCUT2D eigenvalue weighted by molar-refractivity contribution is 0.476. The van der Waals surface area contributed by atoms with Gasteiger partial charge in [0, 0.05) is 5.56 Å². The van der Waals surface area contributed by atoms with Gasteiger partial charge in [0.05, 0.1) is 17.9 Å². The van der Waals surface area contributed by atoms with Crippen LogP contribution in [0.2, 0.25) is 0 Å². The van der Waals surface area contributed by atoms with E-state index in [1.807, 2.05) is 107 Å². The normalized spacial score (nSPS) is 12.5. The molecular formula is C26H32N4O. The van der Waals surface area contributed by atoms with E-state index in [4.69, 9.17) is 0 Å². The highest BCUT2D eigenvalue weighted by molar-refractivity contribution is 5.69. The fourth-order valence-electron chi connectivity index (χ4n) is 2.36. The maximum atomic E-state index is 10.2. The van der Waals surface area contributed by atoms with E-state index >= 15 is 0 Å². The zero-order valence-corrected chi connectivity index (χ0v) is 18.8. The Morgan fingerprint density at radius 3 is 2.45 bits per heavy atom. The molecule has 0 aliphatic rings. The second-order valence-corrected chi connectivity index (χ2v) is 6.00. The molecule has 0 unspecified atom stereocenters. The topological polar surface area (TPSA) is 69.7 Å². The molecule has 0 saturated heterocycles. The lowest BCUT2D eigenvalue weighted by atomic mass is 10.1. The maximum Gasteiger partial charge on any atom is 0.143 e. The van der Waals surface area contributed by atoms with Gasteiger partial charge in [-0.25, -0.2) is 0 Å². The molecule has 1 N–H and O–H groups in total. The number of hydrogen-bond acceptors (Lipinski definition) is 5. The molecule has 0 amide bonds. The minimum absolute atomic E-state index is 0.0906. The van der Waals surface area contributed by atoms with Crippen LogP contribution in [0.5, 0.6) is 5.75 Å². The Balaban J connectivity index is 0.00000233. The van der Waals surface area contributed by atoms with Crippen LogP contribution >= 0.6 is 0 Å². The number of nitrogens with zero attached hydrogens (tertiary/aromatic N) is 4. The Bertz CT molecular complexity index is 939. The second kappa shape index (κ2) is 16.2. The largest absolute Gasteiger partial charge is 0.506 e. The standard InChI is InChI=1S/C24H26N4O.C2H6/c1-3-5-7-13-20-14-10-18-23(29)24(20)28-27-21(12-4-2)17-11-19-25-26-22-15-8-6-9-16-22;1-2/h3,5-18,29H,4,19H2,1-2H3;1-2H3/b5-3-,13-7-,17-11-,21-12+,26-25?,28-27?;. The summed E-state index contributed by atoms with van der Waals surface area (Å²) in [5.41, 5.74) is 2.76. The van der Waals surface area contributed by atoms with E-state index in [1.54, 1.807) is 12.1 Å². The number of benzene rings is 2. The highest BCUT2D eigenvalue weighted by Crippen LogP contribution is 2.32. The van der Waals surface area contributed by atoms with Gasteiger partial charge in [0.25, 0.3) is 0 Å². The molecular weight excluding hydrogens is 384 g/mol. The lowest BCUT2D eigenvalue weighted by Gasteiger charge is -2.02. The first-order valence-electron chi connectivity index (χ1n) is 10.6. The lowest BCUT2D eigenvalue weighted by Crippen LogP contribution is -1.78. The van der Waals surface area contributed by atoms with Crippen LogP contribution in [0.4, 0.5) is 11.4 Å². The van der Waals surface area contributed by atoms with E-state index in [1.165, 1.54) is 0 Å². The molecule has 0 fully saturated rings. The van der Waals surface area contributed by atoms with Gasteiger partial charge in [-0.2, -0.15) is 15.3 Å². The fraction of sp³-hybridized carbons (Fsp3) is 0.231. The summed E-state index contributed by atoms with van der Waals surface area (Å²) in [6, 6.07) is 14.9. The molecule has 5 heteroatoms. The third-order valence-corrected chi connectivity index (χ3v) is 3.72. The van der Waals surface area contributed by atoms with Gasteiger partial charge in [-0.1, -0.05) is 87.6 Å². The Hall–Kier alpha value is -3.60. The van der Waals surface area contributed by atoms with Crippen molar-refractivity contribution in [2.75, 3.05) is 6.54 Å². The van der Waals surface area contributed by atoms with Crippen molar-refractivity contribution < 1.29 is 5.11 Å². The zero-order chi connectivity index (χ0) is 22.7. The van der Waals surface area contributed by atoms with Crippen LogP contribution in [0.1, 0.15) is 39.7 Å². The molecule has 31 heavy (non-hydrogen) atoms. The van der Waals surface area contributed by atoms with Crippen molar-refractivity contribution >= 4 is 17.5 Å². The smallest absolute Gasteiger partial charge is 0.143 e. The van der Waals surface area contributed by atoms with Gasteiger partial charge in [-0.3, -0.25) is 0 Å². The molecule has 2 aromatic rings. The van der Waals surface area contributed by atoms with Gasteiger partial charge in [-0.05, 0) is 37.6 Å². The third-order valence-electron chi connectivity index (χ3n) is 3.72. The zero-order valence-electron chi connectivity index (χ0n) is 18.8. The van der Waals surface area contributed by atoms with Crippen LogP contribution in [-0.2, 0) is 0 Å². The quantitative estimate of drug-likeness (QED) is 0.322. The van der Waals surface area contributed by atoms with Crippen molar-refractivity contribution in [3.63, 3.8) is 0 Å². The number of rotatable bonds is 9. The molecule has 0 saturated carbocycles. The summed E-state index contributed by atoms with van der Waals surface area (Å²) in [7, 11) is 0. The van der Waals surface area contributed by atoms with Gasteiger partial charge in [0.15, 0.2) is 0 Å². The molecule has 162 valence electrons. The number of hydrogen-bond donors (Lipinski definition) is 1. The van der Waals surface area contributed by atoms with Crippen LogP contribution in [0.25, 0.3) is 6.08 Å². The molecule has 0 heterocycles. The first-order chi connectivity index (χ1) is 15.2. The number of azo groups is 2. The summed E-state index contributed by atoms with van der Waals surface area (Å²) < 4.78 is 0. The highest BCUT2D eigenvalue weighted by Gasteiger charge is 2.04. The Morgan fingerprint density at radius 2 is 1.74 bits per heavy atom. The summed E-state index contributed by atoms with van der Waals surface area (Å²) in [5.74, 6) is 0.0906. The molecule has 0 spiro atoms. The maximum absolute atomic E-state index is 10.2. The van der Waals surface area contributed by atoms with E-state index in [-0.39, 0.29) is 5.75 Å². The van der Waals surface area contributed by atoms with Crippen molar-refractivity contribution in [3.05, 3.63) is 96.2 Å². The summed E-state index contributed by atoms with van der Waals surface area (Å²) >= 11 is 0. The van der Waals surface area contributed by atoms with Crippen LogP contribution in [0.3, 0.4) is 0 Å². The number of aromatic hydroxyl groups is 1. The third kappa shape index (κ3) is 10.1. The first-order valence-corrected chi connectivity index (χ1v) is 10.6. The fourth-order valence-corrected chi connectivity index (χ4v) is 2.36. The predicted octanol–water partition coefficient (Wildman–Crippen LogP) is 8.73. The van der Waals surface area contributed by atoms with Crippen LogP contribution < -0.4 is 0 Å². The van der Waals surface area contributed by atoms with Crippen molar-refractivity contribution in [1.29, 1.82) is 0 Å². The predicted molar refractivity (Wildman–Crippen MR) is 131 cm³/mol. The highest BCUT2D eigenvalue weighted by atomic mass is 16.3. The molecule has 0 aromatic heterocycles. The SMILES string of the molecule is C/C=C\C=C/c1cccc(O)c1N=NC(/C=C\CN=Nc1ccccc1)=C/CC.CC. The van der Waals surface area contributed by atoms with Gasteiger partial charge in [0.2, 0.25) is 0 Å². The van der Waals surface area contributed by atoms with Crippen molar-refractivity contribution in [2.24, 2.45) is 20.5 Å². The van der Waals surface area contributed by atoms with E-state index in [9.17, 15) is 5.11 Å². The number of allylic oxidation sites excluding steroid dienone is 5. The molecule has 0 bridgehead atoms. The van der Waals surface area contributed by atoms with E-state index < -0.39 is 0 Å². The van der Waals surface area contributed by atoms with Crippen molar-refractivity contribution in [3.8, 4) is 5.75 Å². The van der Waals surface area contributed by atoms with Gasteiger partial charge in [-0.15, -0.1) is 5.11 Å². The summed E-state index contributed by atoms with van der Waals surface area (Å²) in [6.07, 6.45) is 14.1. The Kier molecular flexibility index (Phi) is 13.3. The molecule has 2 aromatic carbocycles. The van der Waals surface area contributed by atoms with Crippen molar-refractivity contribution in [1.82, 2.24) is 0 Å². The van der Waals surface area contributed by atoms with Crippen LogP contribution in [0, 0.1) is 0 Å². The summed E-state index contributed by atoms with van der Waals surface area (Å²) in [6.45, 7) is 8.42. The van der Waals surface area contributed by atoms with Crippen LogP contribution in [-0.4, -0.2) is 11.7 Å².